The summed E-state index contributed by atoms with van der Waals surface area (Å²) in [4.78, 5) is 15.2. The number of thiophene rings is 1. The maximum absolute atomic E-state index is 13.4. The van der Waals surface area contributed by atoms with Crippen molar-refractivity contribution in [3.8, 4) is 0 Å². The zero-order chi connectivity index (χ0) is 18.6. The Morgan fingerprint density at radius 3 is 2.41 bits per heavy atom. The minimum atomic E-state index is 0.0557. The summed E-state index contributed by atoms with van der Waals surface area (Å²) < 4.78 is 3.34. The number of carbonyl (C=O) groups excluding carboxylic acids is 1. The van der Waals surface area contributed by atoms with Gasteiger partial charge in [-0.25, -0.2) is 0 Å². The average molecular weight is 375 g/mol. The summed E-state index contributed by atoms with van der Waals surface area (Å²) in [6.45, 7) is 3.45. The van der Waals surface area contributed by atoms with E-state index in [0.717, 1.165) is 34.6 Å². The highest BCUT2D eigenvalue weighted by Gasteiger charge is 2.22. The lowest BCUT2D eigenvalue weighted by atomic mass is 10.1. The number of carbonyl (C=O) groups is 1. The molecule has 0 saturated carbocycles. The van der Waals surface area contributed by atoms with E-state index in [9.17, 15) is 4.79 Å². The highest BCUT2D eigenvalue weighted by molar-refractivity contribution is 7.17. The second-order valence-electron chi connectivity index (χ2n) is 6.47. The third-order valence-electron chi connectivity index (χ3n) is 4.84. The van der Waals surface area contributed by atoms with Crippen molar-refractivity contribution in [2.75, 3.05) is 11.4 Å². The second-order valence-corrected chi connectivity index (χ2v) is 7.42. The number of aryl methyl sites for hydroxylation is 2. The molecule has 2 aromatic heterocycles. The van der Waals surface area contributed by atoms with Crippen LogP contribution in [0.5, 0.6) is 0 Å². The van der Waals surface area contributed by atoms with Gasteiger partial charge in [-0.2, -0.15) is 0 Å². The normalized spacial score (nSPS) is 11.0. The predicted octanol–water partition coefficient (Wildman–Crippen LogP) is 5.61. The number of aromatic nitrogens is 1. The topological polar surface area (TPSA) is 25.2 Å². The van der Waals surface area contributed by atoms with Gasteiger partial charge >= 0.3 is 0 Å². The van der Waals surface area contributed by atoms with Gasteiger partial charge in [0.2, 0.25) is 0 Å². The molecule has 0 spiro atoms. The van der Waals surface area contributed by atoms with Gasteiger partial charge in [0.1, 0.15) is 5.69 Å². The quantitative estimate of drug-likeness (QED) is 0.430. The SMILES string of the molecule is CCN(C(=O)c1cc2sccc2n1CCc1ccccc1)c1ccccc1. The Morgan fingerprint density at radius 2 is 1.70 bits per heavy atom. The summed E-state index contributed by atoms with van der Waals surface area (Å²) in [5.74, 6) is 0.0557. The number of anilines is 1. The van der Waals surface area contributed by atoms with Gasteiger partial charge in [0.25, 0.3) is 5.91 Å². The molecule has 0 saturated heterocycles. The fourth-order valence-electron chi connectivity index (χ4n) is 3.47. The molecule has 4 aromatic rings. The summed E-state index contributed by atoms with van der Waals surface area (Å²) >= 11 is 1.68. The third-order valence-corrected chi connectivity index (χ3v) is 5.69. The van der Waals surface area contributed by atoms with Crippen molar-refractivity contribution in [3.63, 3.8) is 0 Å². The van der Waals surface area contributed by atoms with Crippen LogP contribution < -0.4 is 4.90 Å². The maximum atomic E-state index is 13.4. The van der Waals surface area contributed by atoms with Crippen LogP contribution >= 0.6 is 11.3 Å². The van der Waals surface area contributed by atoms with Crippen molar-refractivity contribution >= 4 is 33.1 Å². The van der Waals surface area contributed by atoms with Gasteiger partial charge in [0.15, 0.2) is 0 Å². The Hall–Kier alpha value is -2.85. The van der Waals surface area contributed by atoms with Gasteiger partial charge in [-0.05, 0) is 48.6 Å². The Balaban J connectivity index is 1.68. The second kappa shape index (κ2) is 7.80. The lowest BCUT2D eigenvalue weighted by molar-refractivity contribution is 0.0980. The Kier molecular flexibility index (Phi) is 5.07. The molecule has 0 aliphatic heterocycles. The number of fused-ring (bicyclic) bond motifs is 1. The summed E-state index contributed by atoms with van der Waals surface area (Å²) in [5.41, 5.74) is 4.12. The molecule has 0 aliphatic carbocycles. The largest absolute Gasteiger partial charge is 0.335 e. The van der Waals surface area contributed by atoms with Crippen LogP contribution in [0.25, 0.3) is 10.2 Å². The fourth-order valence-corrected chi connectivity index (χ4v) is 4.29. The van der Waals surface area contributed by atoms with Gasteiger partial charge in [0.05, 0.1) is 10.2 Å². The first-order valence-electron chi connectivity index (χ1n) is 9.25. The number of rotatable bonds is 6. The van der Waals surface area contributed by atoms with E-state index in [0.29, 0.717) is 6.54 Å². The van der Waals surface area contributed by atoms with Gasteiger partial charge in [-0.3, -0.25) is 4.79 Å². The van der Waals surface area contributed by atoms with Crippen LogP contribution in [0.2, 0.25) is 0 Å². The van der Waals surface area contributed by atoms with E-state index in [4.69, 9.17) is 0 Å². The van der Waals surface area contributed by atoms with E-state index in [1.807, 2.05) is 54.3 Å². The Morgan fingerprint density at radius 1 is 1.00 bits per heavy atom. The molecule has 0 bridgehead atoms. The molecule has 0 radical (unpaired) electrons. The molecule has 1 amide bonds. The van der Waals surface area contributed by atoms with Crippen LogP contribution in [0.1, 0.15) is 23.0 Å². The maximum Gasteiger partial charge on any atom is 0.274 e. The lowest BCUT2D eigenvalue weighted by Crippen LogP contribution is -2.32. The van der Waals surface area contributed by atoms with Crippen molar-refractivity contribution in [2.24, 2.45) is 0 Å². The smallest absolute Gasteiger partial charge is 0.274 e. The van der Waals surface area contributed by atoms with Crippen LogP contribution in [-0.2, 0) is 13.0 Å². The zero-order valence-electron chi connectivity index (χ0n) is 15.3. The molecule has 27 heavy (non-hydrogen) atoms. The summed E-state index contributed by atoms with van der Waals surface area (Å²) in [6, 6.07) is 24.5. The first kappa shape index (κ1) is 17.6. The number of nitrogens with zero attached hydrogens (tertiary/aromatic N) is 2. The highest BCUT2D eigenvalue weighted by Crippen LogP contribution is 2.27. The van der Waals surface area contributed by atoms with Crippen LogP contribution in [0.4, 0.5) is 5.69 Å². The van der Waals surface area contributed by atoms with Crippen LogP contribution in [0.3, 0.4) is 0 Å². The standard InChI is InChI=1S/C23H22N2OS/c1-2-24(19-11-7-4-8-12-19)23(26)21-17-22-20(14-16-27-22)25(21)15-13-18-9-5-3-6-10-18/h3-12,14,16-17H,2,13,15H2,1H3. The molecule has 0 unspecified atom stereocenters. The van der Waals surface area contributed by atoms with E-state index in [-0.39, 0.29) is 5.91 Å². The van der Waals surface area contributed by atoms with E-state index >= 15 is 0 Å². The van der Waals surface area contributed by atoms with E-state index in [1.54, 1.807) is 11.3 Å². The molecule has 2 heterocycles. The molecule has 0 N–H and O–H groups in total. The van der Waals surface area contributed by atoms with Crippen molar-refractivity contribution in [1.82, 2.24) is 4.57 Å². The predicted molar refractivity (Wildman–Crippen MR) is 114 cm³/mol. The van der Waals surface area contributed by atoms with E-state index < -0.39 is 0 Å². The average Bonchev–Trinajstić information content (AvgIpc) is 3.30. The molecule has 3 nitrogen and oxygen atoms in total. The minimum absolute atomic E-state index is 0.0557. The fraction of sp³-hybridized carbons (Fsp3) is 0.174. The number of para-hydroxylation sites is 1. The molecule has 4 heteroatoms. The van der Waals surface area contributed by atoms with Gasteiger partial charge in [-0.1, -0.05) is 48.5 Å². The van der Waals surface area contributed by atoms with Crippen molar-refractivity contribution in [2.45, 2.75) is 19.9 Å². The van der Waals surface area contributed by atoms with Crippen LogP contribution in [0.15, 0.2) is 78.2 Å². The van der Waals surface area contributed by atoms with E-state index in [2.05, 4.69) is 40.3 Å². The molecule has 136 valence electrons. The van der Waals surface area contributed by atoms with E-state index in [1.165, 1.54) is 5.56 Å². The Labute approximate surface area is 163 Å². The summed E-state index contributed by atoms with van der Waals surface area (Å²) in [6.07, 6.45) is 0.901. The van der Waals surface area contributed by atoms with Crippen LogP contribution in [-0.4, -0.2) is 17.0 Å². The first-order chi connectivity index (χ1) is 13.3. The minimum Gasteiger partial charge on any atom is -0.335 e. The van der Waals surface area contributed by atoms with Crippen LogP contribution in [0, 0.1) is 0 Å². The summed E-state index contributed by atoms with van der Waals surface area (Å²) in [5, 5.41) is 2.09. The number of benzene rings is 2. The Bertz CT molecular complexity index is 1030. The van der Waals surface area contributed by atoms with Crippen molar-refractivity contribution < 1.29 is 4.79 Å². The number of hydrogen-bond donors (Lipinski definition) is 0. The monoisotopic (exact) mass is 374 g/mol. The van der Waals surface area contributed by atoms with Gasteiger partial charge in [0, 0.05) is 18.8 Å². The van der Waals surface area contributed by atoms with Crippen molar-refractivity contribution in [1.29, 1.82) is 0 Å². The lowest BCUT2D eigenvalue weighted by Gasteiger charge is -2.22. The third kappa shape index (κ3) is 3.53. The van der Waals surface area contributed by atoms with Crippen molar-refractivity contribution in [3.05, 3.63) is 89.4 Å². The first-order valence-corrected chi connectivity index (χ1v) is 10.1. The summed E-state index contributed by atoms with van der Waals surface area (Å²) in [7, 11) is 0. The molecule has 0 aliphatic rings. The highest BCUT2D eigenvalue weighted by atomic mass is 32.1. The number of hydrogen-bond acceptors (Lipinski definition) is 2. The molecule has 0 atom stereocenters. The van der Waals surface area contributed by atoms with Gasteiger partial charge < -0.3 is 9.47 Å². The molecule has 0 fully saturated rings. The van der Waals surface area contributed by atoms with Gasteiger partial charge in [-0.15, -0.1) is 11.3 Å². The molecule has 4 rings (SSSR count). The number of amides is 1. The zero-order valence-corrected chi connectivity index (χ0v) is 16.2. The molecule has 2 aromatic carbocycles. The molecular formula is C23H22N2OS. The molecular weight excluding hydrogens is 352 g/mol.